The van der Waals surface area contributed by atoms with Crippen molar-refractivity contribution in [3.63, 3.8) is 0 Å². The molecule has 0 aliphatic heterocycles. The molecule has 2 atom stereocenters. The fourth-order valence-electron chi connectivity index (χ4n) is 3.55. The molecule has 0 spiro atoms. The molecular weight excluding hydrogens is 426 g/mol. The van der Waals surface area contributed by atoms with E-state index in [0.717, 1.165) is 33.2 Å². The lowest BCUT2D eigenvalue weighted by Crippen LogP contribution is -2.26. The van der Waals surface area contributed by atoms with Gasteiger partial charge in [0.15, 0.2) is 6.10 Å². The average molecular weight is 456 g/mol. The van der Waals surface area contributed by atoms with Crippen LogP contribution in [0, 0.1) is 6.92 Å². The van der Waals surface area contributed by atoms with Gasteiger partial charge in [-0.05, 0) is 61.4 Å². The van der Waals surface area contributed by atoms with Crippen LogP contribution in [0.25, 0.3) is 11.3 Å². The van der Waals surface area contributed by atoms with Crippen molar-refractivity contribution in [1.82, 2.24) is 4.57 Å². The van der Waals surface area contributed by atoms with Crippen molar-refractivity contribution in [2.75, 3.05) is 19.5 Å². The Morgan fingerprint density at radius 3 is 2.34 bits per heavy atom. The van der Waals surface area contributed by atoms with Crippen LogP contribution in [0.5, 0.6) is 5.75 Å². The number of aryl methyl sites for hydroxylation is 1. The van der Waals surface area contributed by atoms with E-state index in [1.165, 1.54) is 0 Å². The predicted octanol–water partition coefficient (Wildman–Crippen LogP) is 4.31. The Morgan fingerprint density at radius 1 is 1.06 bits per heavy atom. The highest BCUT2D eigenvalue weighted by Gasteiger charge is 2.17. The van der Waals surface area contributed by atoms with E-state index in [9.17, 15) is 14.1 Å². The lowest BCUT2D eigenvalue weighted by molar-refractivity contribution is -0.149. The first kappa shape index (κ1) is 23.8. The Bertz CT molecular complexity index is 1060. The van der Waals surface area contributed by atoms with Crippen molar-refractivity contribution in [3.8, 4) is 17.0 Å². The minimum absolute atomic E-state index is 0.319. The van der Waals surface area contributed by atoms with Crippen molar-refractivity contribution in [2.45, 2.75) is 37.8 Å². The number of aliphatic carboxylic acids is 1. The quantitative estimate of drug-likeness (QED) is 0.466. The predicted molar refractivity (Wildman–Crippen MR) is 126 cm³/mol. The molecule has 3 aromatic rings. The molecule has 1 heterocycles. The van der Waals surface area contributed by atoms with Gasteiger partial charge >= 0.3 is 5.97 Å². The molecule has 2 unspecified atom stereocenters. The molecule has 0 bridgehead atoms. The van der Waals surface area contributed by atoms with Gasteiger partial charge in [-0.3, -0.25) is 4.21 Å². The lowest BCUT2D eigenvalue weighted by atomic mass is 10.1. The van der Waals surface area contributed by atoms with Crippen LogP contribution >= 0.6 is 0 Å². The van der Waals surface area contributed by atoms with E-state index in [-0.39, 0.29) is 0 Å². The molecule has 0 saturated carbocycles. The summed E-state index contributed by atoms with van der Waals surface area (Å²) in [5, 5.41) is 9.23. The fourth-order valence-corrected chi connectivity index (χ4v) is 4.06. The second-order valence-electron chi connectivity index (χ2n) is 7.47. The van der Waals surface area contributed by atoms with Crippen molar-refractivity contribution < 1.29 is 23.6 Å². The van der Waals surface area contributed by atoms with Crippen LogP contribution in [0.15, 0.2) is 65.6 Å². The summed E-state index contributed by atoms with van der Waals surface area (Å²) in [6.07, 6.45) is 1.16. The summed E-state index contributed by atoms with van der Waals surface area (Å²) < 4.78 is 25.0. The van der Waals surface area contributed by atoms with Crippen LogP contribution in [0.4, 0.5) is 0 Å². The highest BCUT2D eigenvalue weighted by molar-refractivity contribution is 7.84. The Kier molecular flexibility index (Phi) is 8.25. The van der Waals surface area contributed by atoms with Gasteiger partial charge in [-0.25, -0.2) is 4.79 Å². The maximum atomic E-state index is 11.6. The van der Waals surface area contributed by atoms with Gasteiger partial charge in [0.2, 0.25) is 0 Å². The first-order valence-electron chi connectivity index (χ1n) is 10.5. The van der Waals surface area contributed by atoms with E-state index in [2.05, 4.69) is 23.6 Å². The minimum atomic E-state index is -0.992. The Balaban J connectivity index is 1.60. The molecule has 0 amide bonds. The van der Waals surface area contributed by atoms with E-state index in [4.69, 9.17) is 9.47 Å². The molecule has 0 radical (unpaired) electrons. The summed E-state index contributed by atoms with van der Waals surface area (Å²) in [5.41, 5.74) is 4.18. The van der Waals surface area contributed by atoms with Gasteiger partial charge in [0.05, 0.1) is 6.54 Å². The van der Waals surface area contributed by atoms with Gasteiger partial charge in [0.25, 0.3) is 0 Å². The third-order valence-corrected chi connectivity index (χ3v) is 6.19. The van der Waals surface area contributed by atoms with Gasteiger partial charge < -0.3 is 19.1 Å². The zero-order valence-electron chi connectivity index (χ0n) is 18.6. The van der Waals surface area contributed by atoms with Gasteiger partial charge in [0.1, 0.15) is 12.4 Å². The molecule has 2 aromatic carbocycles. The average Bonchev–Trinajstić information content (AvgIpc) is 3.15. The molecule has 0 fully saturated rings. The Hall–Kier alpha value is -2.90. The number of nitrogens with zero attached hydrogens (tertiary/aromatic N) is 1. The number of hydrogen-bond acceptors (Lipinski definition) is 4. The SMILES string of the molecule is CCOC(Cc1ccc(OCCn2c(C)ccc2-c2ccc(S(C)=O)cc2)cc1)C(=O)O. The van der Waals surface area contributed by atoms with E-state index in [1.807, 2.05) is 48.5 Å². The number of ether oxygens (including phenoxy) is 2. The molecule has 32 heavy (non-hydrogen) atoms. The van der Waals surface area contributed by atoms with Gasteiger partial charge in [-0.2, -0.15) is 0 Å². The zero-order chi connectivity index (χ0) is 23.1. The third kappa shape index (κ3) is 6.08. The summed E-state index contributed by atoms with van der Waals surface area (Å²) in [7, 11) is -0.992. The maximum absolute atomic E-state index is 11.6. The molecule has 3 rings (SSSR count). The van der Waals surface area contributed by atoms with E-state index in [0.29, 0.717) is 26.2 Å². The molecule has 7 heteroatoms. The molecule has 6 nitrogen and oxygen atoms in total. The van der Waals surface area contributed by atoms with Crippen molar-refractivity contribution >= 4 is 16.8 Å². The van der Waals surface area contributed by atoms with Gasteiger partial charge in [-0.15, -0.1) is 0 Å². The topological polar surface area (TPSA) is 77.8 Å². The highest BCUT2D eigenvalue weighted by atomic mass is 32.2. The van der Waals surface area contributed by atoms with Gasteiger partial charge in [0, 0.05) is 46.4 Å². The van der Waals surface area contributed by atoms with Gasteiger partial charge in [-0.1, -0.05) is 24.3 Å². The lowest BCUT2D eigenvalue weighted by Gasteiger charge is -2.14. The normalized spacial score (nSPS) is 13.0. The second kappa shape index (κ2) is 11.1. The molecular formula is C25H29NO5S. The number of carboxylic acid groups (broad SMARTS) is 1. The van der Waals surface area contributed by atoms with E-state index >= 15 is 0 Å². The molecule has 0 aliphatic rings. The molecule has 0 saturated heterocycles. The van der Waals surface area contributed by atoms with Crippen LogP contribution in [0.1, 0.15) is 18.2 Å². The number of benzene rings is 2. The van der Waals surface area contributed by atoms with Crippen LogP contribution < -0.4 is 4.74 Å². The summed E-state index contributed by atoms with van der Waals surface area (Å²) in [4.78, 5) is 12.1. The third-order valence-electron chi connectivity index (χ3n) is 5.25. The first-order chi connectivity index (χ1) is 15.4. The van der Waals surface area contributed by atoms with Crippen molar-refractivity contribution in [1.29, 1.82) is 0 Å². The number of hydrogen-bond donors (Lipinski definition) is 1. The first-order valence-corrected chi connectivity index (χ1v) is 12.1. The smallest absolute Gasteiger partial charge is 0.333 e. The molecule has 0 aliphatic carbocycles. The maximum Gasteiger partial charge on any atom is 0.333 e. The number of carboxylic acids is 1. The monoisotopic (exact) mass is 455 g/mol. The summed E-state index contributed by atoms with van der Waals surface area (Å²) in [6, 6.07) is 19.4. The zero-order valence-corrected chi connectivity index (χ0v) is 19.4. The van der Waals surface area contributed by atoms with Crippen molar-refractivity contribution in [2.24, 2.45) is 0 Å². The fraction of sp³-hybridized carbons (Fsp3) is 0.320. The number of aromatic nitrogens is 1. The Labute approximate surface area is 191 Å². The second-order valence-corrected chi connectivity index (χ2v) is 8.85. The highest BCUT2D eigenvalue weighted by Crippen LogP contribution is 2.24. The standard InChI is InChI=1S/C25H29NO5S/c1-4-30-24(25(27)28)17-19-6-10-21(11-7-19)31-16-15-26-18(2)5-14-23(26)20-8-12-22(13-9-20)32(3)29/h5-14,24H,4,15-17H2,1-3H3,(H,27,28). The summed E-state index contributed by atoms with van der Waals surface area (Å²) >= 11 is 0. The number of carbonyl (C=O) groups is 1. The van der Waals surface area contributed by atoms with E-state index < -0.39 is 22.9 Å². The van der Waals surface area contributed by atoms with E-state index in [1.54, 1.807) is 13.2 Å². The van der Waals surface area contributed by atoms with Crippen LogP contribution in [0.3, 0.4) is 0 Å². The molecule has 1 N–H and O–H groups in total. The summed E-state index contributed by atoms with van der Waals surface area (Å²) in [6.45, 7) is 5.39. The largest absolute Gasteiger partial charge is 0.492 e. The molecule has 170 valence electrons. The number of rotatable bonds is 11. The Morgan fingerprint density at radius 2 is 1.75 bits per heavy atom. The van der Waals surface area contributed by atoms with Crippen LogP contribution in [0.2, 0.25) is 0 Å². The molecule has 1 aromatic heterocycles. The minimum Gasteiger partial charge on any atom is -0.492 e. The van der Waals surface area contributed by atoms with Crippen LogP contribution in [-0.4, -0.2) is 45.4 Å². The van der Waals surface area contributed by atoms with Crippen LogP contribution in [-0.2, 0) is 33.3 Å². The summed E-state index contributed by atoms with van der Waals surface area (Å²) in [5.74, 6) is -0.221. The van der Waals surface area contributed by atoms with Crippen molar-refractivity contribution in [3.05, 3.63) is 71.9 Å².